The first-order valence-electron chi connectivity index (χ1n) is 5.04. The van der Waals surface area contributed by atoms with Crippen molar-refractivity contribution >= 4 is 17.5 Å². The number of fused-ring (bicyclic) bond motifs is 1. The van der Waals surface area contributed by atoms with Crippen LogP contribution < -0.4 is 0 Å². The monoisotopic (exact) mass is 243 g/mol. The molecule has 0 aliphatic carbocycles. The Morgan fingerprint density at radius 1 is 1.24 bits per heavy atom. The average Bonchev–Trinajstić information content (AvgIpc) is 2.82. The standard InChI is InChI=1S/C11H9N5S/c1-17-11-14-10-13-6-4-9(16(10)15-11)8-3-2-5-12-7-8/h2-7H,1H3. The van der Waals surface area contributed by atoms with E-state index in [1.807, 2.05) is 24.5 Å². The van der Waals surface area contributed by atoms with Crippen molar-refractivity contribution < 1.29 is 0 Å². The second-order valence-corrected chi connectivity index (χ2v) is 4.16. The molecule has 0 atom stereocenters. The fraction of sp³-hybridized carbons (Fsp3) is 0.0909. The number of hydrogen-bond donors (Lipinski definition) is 0. The fourth-order valence-electron chi connectivity index (χ4n) is 1.60. The van der Waals surface area contributed by atoms with Gasteiger partial charge in [0.1, 0.15) is 0 Å². The summed E-state index contributed by atoms with van der Waals surface area (Å²) in [6.45, 7) is 0. The highest BCUT2D eigenvalue weighted by Crippen LogP contribution is 2.19. The molecule has 0 unspecified atom stereocenters. The van der Waals surface area contributed by atoms with Gasteiger partial charge in [-0.05, 0) is 24.5 Å². The smallest absolute Gasteiger partial charge is 0.253 e. The van der Waals surface area contributed by atoms with Crippen molar-refractivity contribution in [2.75, 3.05) is 6.26 Å². The predicted octanol–water partition coefficient (Wildman–Crippen LogP) is 1.91. The number of thioether (sulfide) groups is 1. The number of aromatic nitrogens is 5. The summed E-state index contributed by atoms with van der Waals surface area (Å²) < 4.78 is 1.74. The lowest BCUT2D eigenvalue weighted by atomic mass is 10.2. The van der Waals surface area contributed by atoms with Gasteiger partial charge in [0.25, 0.3) is 5.78 Å². The summed E-state index contributed by atoms with van der Waals surface area (Å²) in [7, 11) is 0. The molecule has 0 amide bonds. The molecule has 0 aliphatic rings. The molecule has 3 aromatic heterocycles. The predicted molar refractivity (Wildman–Crippen MR) is 65.8 cm³/mol. The lowest BCUT2D eigenvalue weighted by Crippen LogP contribution is -1.95. The lowest BCUT2D eigenvalue weighted by molar-refractivity contribution is 0.887. The summed E-state index contributed by atoms with van der Waals surface area (Å²) in [6, 6.07) is 5.79. The maximum absolute atomic E-state index is 4.39. The van der Waals surface area contributed by atoms with Crippen LogP contribution in [0.3, 0.4) is 0 Å². The first-order chi connectivity index (χ1) is 8.38. The van der Waals surface area contributed by atoms with Crippen molar-refractivity contribution in [1.82, 2.24) is 24.6 Å². The van der Waals surface area contributed by atoms with Crippen LogP contribution in [-0.2, 0) is 0 Å². The quantitative estimate of drug-likeness (QED) is 0.643. The Kier molecular flexibility index (Phi) is 2.49. The van der Waals surface area contributed by atoms with Gasteiger partial charge in [0, 0.05) is 24.2 Å². The second kappa shape index (κ2) is 4.14. The molecule has 0 spiro atoms. The molecule has 3 heterocycles. The van der Waals surface area contributed by atoms with E-state index in [0.717, 1.165) is 11.3 Å². The van der Waals surface area contributed by atoms with Crippen molar-refractivity contribution in [3.8, 4) is 11.3 Å². The molecule has 3 rings (SSSR count). The Labute approximate surface area is 102 Å². The summed E-state index contributed by atoms with van der Waals surface area (Å²) in [5.41, 5.74) is 1.94. The topological polar surface area (TPSA) is 56.0 Å². The van der Waals surface area contributed by atoms with Crippen LogP contribution in [0.5, 0.6) is 0 Å². The van der Waals surface area contributed by atoms with Crippen LogP contribution in [-0.4, -0.2) is 30.8 Å². The summed E-state index contributed by atoms with van der Waals surface area (Å²) in [5.74, 6) is 0.607. The highest BCUT2D eigenvalue weighted by atomic mass is 32.2. The molecule has 5 nitrogen and oxygen atoms in total. The van der Waals surface area contributed by atoms with Gasteiger partial charge in [0.15, 0.2) is 0 Å². The normalized spacial score (nSPS) is 10.9. The van der Waals surface area contributed by atoms with Gasteiger partial charge in [0.2, 0.25) is 5.16 Å². The zero-order valence-electron chi connectivity index (χ0n) is 9.11. The maximum atomic E-state index is 4.39. The van der Waals surface area contributed by atoms with Crippen LogP contribution in [0.1, 0.15) is 0 Å². The van der Waals surface area contributed by atoms with Crippen molar-refractivity contribution in [2.45, 2.75) is 5.16 Å². The Morgan fingerprint density at radius 3 is 2.94 bits per heavy atom. The van der Waals surface area contributed by atoms with E-state index >= 15 is 0 Å². The minimum Gasteiger partial charge on any atom is -0.264 e. The van der Waals surface area contributed by atoms with E-state index in [1.165, 1.54) is 11.8 Å². The fourth-order valence-corrected chi connectivity index (χ4v) is 1.93. The molecule has 0 fully saturated rings. The van der Waals surface area contributed by atoms with Gasteiger partial charge in [-0.2, -0.15) is 9.50 Å². The van der Waals surface area contributed by atoms with Crippen molar-refractivity contribution in [1.29, 1.82) is 0 Å². The van der Waals surface area contributed by atoms with Crippen LogP contribution >= 0.6 is 11.8 Å². The molecule has 0 aliphatic heterocycles. The Bertz CT molecular complexity index is 649. The van der Waals surface area contributed by atoms with Gasteiger partial charge in [-0.3, -0.25) is 4.98 Å². The van der Waals surface area contributed by atoms with Gasteiger partial charge in [0.05, 0.1) is 5.69 Å². The summed E-state index contributed by atoms with van der Waals surface area (Å²) in [6.07, 6.45) is 7.22. The Balaban J connectivity index is 2.26. The molecular formula is C11H9N5S. The third-order valence-corrected chi connectivity index (χ3v) is 2.90. The van der Waals surface area contributed by atoms with E-state index in [0.29, 0.717) is 10.9 Å². The summed E-state index contributed by atoms with van der Waals surface area (Å²) in [4.78, 5) is 12.6. The van der Waals surface area contributed by atoms with Crippen LogP contribution in [0.2, 0.25) is 0 Å². The molecule has 0 N–H and O–H groups in total. The molecule has 6 heteroatoms. The van der Waals surface area contributed by atoms with Gasteiger partial charge < -0.3 is 0 Å². The third-order valence-electron chi connectivity index (χ3n) is 2.36. The van der Waals surface area contributed by atoms with Crippen LogP contribution in [0, 0.1) is 0 Å². The average molecular weight is 243 g/mol. The van der Waals surface area contributed by atoms with Gasteiger partial charge in [-0.1, -0.05) is 11.8 Å². The Morgan fingerprint density at radius 2 is 2.18 bits per heavy atom. The number of rotatable bonds is 2. The first kappa shape index (κ1) is 10.2. The highest BCUT2D eigenvalue weighted by molar-refractivity contribution is 7.98. The van der Waals surface area contributed by atoms with E-state index in [9.17, 15) is 0 Å². The van der Waals surface area contributed by atoms with E-state index in [1.54, 1.807) is 23.1 Å². The third kappa shape index (κ3) is 1.76. The van der Waals surface area contributed by atoms with Gasteiger partial charge >= 0.3 is 0 Å². The SMILES string of the molecule is CSc1nc2nccc(-c3cccnc3)n2n1. The van der Waals surface area contributed by atoms with Crippen molar-refractivity contribution in [3.63, 3.8) is 0 Å². The number of nitrogens with zero attached hydrogens (tertiary/aromatic N) is 5. The molecule has 0 radical (unpaired) electrons. The summed E-state index contributed by atoms with van der Waals surface area (Å²) >= 11 is 1.50. The van der Waals surface area contributed by atoms with Gasteiger partial charge in [-0.25, -0.2) is 4.98 Å². The lowest BCUT2D eigenvalue weighted by Gasteiger charge is -2.01. The zero-order valence-corrected chi connectivity index (χ0v) is 9.92. The second-order valence-electron chi connectivity index (χ2n) is 3.38. The van der Waals surface area contributed by atoms with E-state index in [2.05, 4.69) is 20.1 Å². The highest BCUT2D eigenvalue weighted by Gasteiger charge is 2.08. The van der Waals surface area contributed by atoms with E-state index in [-0.39, 0.29) is 0 Å². The van der Waals surface area contributed by atoms with E-state index < -0.39 is 0 Å². The molecular weight excluding hydrogens is 234 g/mol. The van der Waals surface area contributed by atoms with Crippen molar-refractivity contribution in [2.24, 2.45) is 0 Å². The molecule has 0 bridgehead atoms. The van der Waals surface area contributed by atoms with Gasteiger partial charge in [-0.15, -0.1) is 5.10 Å². The van der Waals surface area contributed by atoms with Crippen molar-refractivity contribution in [3.05, 3.63) is 36.8 Å². The molecule has 84 valence electrons. The number of hydrogen-bond acceptors (Lipinski definition) is 5. The minimum absolute atomic E-state index is 0.607. The number of pyridine rings is 1. The molecule has 0 saturated carbocycles. The minimum atomic E-state index is 0.607. The van der Waals surface area contributed by atoms with Crippen LogP contribution in [0.4, 0.5) is 0 Å². The first-order valence-corrected chi connectivity index (χ1v) is 6.27. The summed E-state index contributed by atoms with van der Waals surface area (Å²) in [5, 5.41) is 5.10. The van der Waals surface area contributed by atoms with E-state index in [4.69, 9.17) is 0 Å². The molecule has 3 aromatic rings. The Hall–Kier alpha value is -1.95. The van der Waals surface area contributed by atoms with Crippen LogP contribution in [0.15, 0.2) is 41.9 Å². The largest absolute Gasteiger partial charge is 0.264 e. The molecule has 0 aromatic carbocycles. The molecule has 0 saturated heterocycles. The maximum Gasteiger partial charge on any atom is 0.253 e. The van der Waals surface area contributed by atoms with Crippen LogP contribution in [0.25, 0.3) is 17.0 Å². The zero-order chi connectivity index (χ0) is 11.7. The molecule has 17 heavy (non-hydrogen) atoms.